The summed E-state index contributed by atoms with van der Waals surface area (Å²) in [7, 11) is 0. The Kier molecular flexibility index (Phi) is 2.11. The van der Waals surface area contributed by atoms with Crippen LogP contribution >= 0.6 is 22.6 Å². The number of nitrogens with two attached hydrogens (primary N) is 1. The van der Waals surface area contributed by atoms with E-state index in [-0.39, 0.29) is 0 Å². The first kappa shape index (κ1) is 8.74. The molecule has 0 radical (unpaired) electrons. The number of anilines is 1. The van der Waals surface area contributed by atoms with Crippen LogP contribution in [0.1, 0.15) is 5.69 Å². The number of aryl methyl sites for hydroxylation is 1. The molecule has 0 fully saturated rings. The first-order valence-corrected chi connectivity index (χ1v) is 5.08. The van der Waals surface area contributed by atoms with Gasteiger partial charge in [-0.05, 0) is 35.6 Å². The van der Waals surface area contributed by atoms with Crippen molar-refractivity contribution in [2.75, 3.05) is 5.73 Å². The van der Waals surface area contributed by atoms with Gasteiger partial charge in [0.05, 0.1) is 20.5 Å². The van der Waals surface area contributed by atoms with E-state index in [0.717, 1.165) is 25.9 Å². The van der Waals surface area contributed by atoms with Crippen LogP contribution in [-0.2, 0) is 0 Å². The lowest BCUT2D eigenvalue weighted by Gasteiger charge is -2.06. The number of rotatable bonds is 0. The molecule has 13 heavy (non-hydrogen) atoms. The number of benzene rings is 1. The summed E-state index contributed by atoms with van der Waals surface area (Å²) in [5.74, 6) is 0. The third kappa shape index (κ3) is 1.37. The van der Waals surface area contributed by atoms with Crippen molar-refractivity contribution in [1.82, 2.24) is 4.98 Å². The molecule has 2 aromatic rings. The van der Waals surface area contributed by atoms with E-state index in [4.69, 9.17) is 5.73 Å². The van der Waals surface area contributed by atoms with Gasteiger partial charge in [0.15, 0.2) is 0 Å². The monoisotopic (exact) mass is 284 g/mol. The molecule has 2 rings (SSSR count). The summed E-state index contributed by atoms with van der Waals surface area (Å²) < 4.78 is 1.05. The van der Waals surface area contributed by atoms with Crippen LogP contribution in [0.5, 0.6) is 0 Å². The summed E-state index contributed by atoms with van der Waals surface area (Å²) in [6.45, 7) is 1.98. The molecule has 0 unspecified atom stereocenters. The van der Waals surface area contributed by atoms with Gasteiger partial charge >= 0.3 is 0 Å². The number of para-hydroxylation sites is 1. The fraction of sp³-hybridized carbons (Fsp3) is 0.100. The molecule has 1 heterocycles. The minimum absolute atomic E-state index is 0.837. The molecule has 0 aliphatic heterocycles. The molecule has 1 aromatic carbocycles. The van der Waals surface area contributed by atoms with E-state index in [1.807, 2.05) is 31.2 Å². The van der Waals surface area contributed by atoms with Crippen molar-refractivity contribution in [3.63, 3.8) is 0 Å². The Morgan fingerprint density at radius 3 is 2.77 bits per heavy atom. The van der Waals surface area contributed by atoms with E-state index in [9.17, 15) is 0 Å². The van der Waals surface area contributed by atoms with E-state index in [1.54, 1.807) is 0 Å². The SMILES string of the molecule is Cc1nc2ccccc2c(N)c1I. The summed E-state index contributed by atoms with van der Waals surface area (Å²) in [6.07, 6.45) is 0. The molecule has 3 heteroatoms. The van der Waals surface area contributed by atoms with Gasteiger partial charge in [-0.15, -0.1) is 0 Å². The molecule has 0 aliphatic carbocycles. The van der Waals surface area contributed by atoms with E-state index in [1.165, 1.54) is 0 Å². The van der Waals surface area contributed by atoms with E-state index in [0.29, 0.717) is 0 Å². The second-order valence-electron chi connectivity index (χ2n) is 2.94. The van der Waals surface area contributed by atoms with Crippen LogP contribution in [0.4, 0.5) is 5.69 Å². The maximum absolute atomic E-state index is 5.97. The smallest absolute Gasteiger partial charge is 0.0726 e. The molecule has 66 valence electrons. The van der Waals surface area contributed by atoms with Crippen molar-refractivity contribution in [1.29, 1.82) is 0 Å². The second kappa shape index (κ2) is 3.14. The highest BCUT2D eigenvalue weighted by Crippen LogP contribution is 2.26. The average Bonchev–Trinajstić information content (AvgIpc) is 2.15. The Bertz CT molecular complexity index is 466. The Labute approximate surface area is 90.3 Å². The predicted molar refractivity (Wildman–Crippen MR) is 63.6 cm³/mol. The van der Waals surface area contributed by atoms with E-state index in [2.05, 4.69) is 27.6 Å². The summed E-state index contributed by atoms with van der Waals surface area (Å²) in [4.78, 5) is 4.45. The Morgan fingerprint density at radius 2 is 2.00 bits per heavy atom. The Hall–Kier alpha value is -0.840. The highest BCUT2D eigenvalue weighted by Gasteiger charge is 2.05. The van der Waals surface area contributed by atoms with Crippen molar-refractivity contribution in [2.45, 2.75) is 6.92 Å². The zero-order valence-corrected chi connectivity index (χ0v) is 9.37. The zero-order valence-electron chi connectivity index (χ0n) is 7.21. The van der Waals surface area contributed by atoms with Crippen LogP contribution in [0.25, 0.3) is 10.9 Å². The van der Waals surface area contributed by atoms with Crippen LogP contribution in [0.3, 0.4) is 0 Å². The lowest BCUT2D eigenvalue weighted by Crippen LogP contribution is -1.96. The maximum Gasteiger partial charge on any atom is 0.0726 e. The lowest BCUT2D eigenvalue weighted by molar-refractivity contribution is 1.23. The molecule has 0 saturated carbocycles. The van der Waals surface area contributed by atoms with Gasteiger partial charge in [-0.2, -0.15) is 0 Å². The first-order chi connectivity index (χ1) is 6.20. The third-order valence-electron chi connectivity index (χ3n) is 2.04. The number of hydrogen-bond acceptors (Lipinski definition) is 2. The number of fused-ring (bicyclic) bond motifs is 1. The van der Waals surface area contributed by atoms with Crippen molar-refractivity contribution in [3.8, 4) is 0 Å². The lowest BCUT2D eigenvalue weighted by atomic mass is 10.2. The first-order valence-electron chi connectivity index (χ1n) is 4.00. The maximum atomic E-state index is 5.97. The van der Waals surface area contributed by atoms with Crippen LogP contribution in [0.15, 0.2) is 24.3 Å². The largest absolute Gasteiger partial charge is 0.397 e. The Balaban J connectivity index is 2.94. The van der Waals surface area contributed by atoms with Crippen molar-refractivity contribution < 1.29 is 0 Å². The summed E-state index contributed by atoms with van der Waals surface area (Å²) in [6, 6.07) is 7.93. The van der Waals surface area contributed by atoms with Gasteiger partial charge in [0.25, 0.3) is 0 Å². The molecule has 0 saturated heterocycles. The molecule has 0 atom stereocenters. The summed E-state index contributed by atoms with van der Waals surface area (Å²) in [5, 5.41) is 1.04. The van der Waals surface area contributed by atoms with Gasteiger partial charge in [0.2, 0.25) is 0 Å². The Morgan fingerprint density at radius 1 is 1.31 bits per heavy atom. The van der Waals surface area contributed by atoms with Gasteiger partial charge < -0.3 is 5.73 Å². The molecule has 0 spiro atoms. The summed E-state index contributed by atoms with van der Waals surface area (Å²) >= 11 is 2.23. The van der Waals surface area contributed by atoms with Crippen LogP contribution < -0.4 is 5.73 Å². The van der Waals surface area contributed by atoms with E-state index >= 15 is 0 Å². The van der Waals surface area contributed by atoms with Crippen molar-refractivity contribution >= 4 is 39.2 Å². The molecule has 1 aromatic heterocycles. The minimum atomic E-state index is 0.837. The van der Waals surface area contributed by atoms with Crippen molar-refractivity contribution in [2.24, 2.45) is 0 Å². The highest BCUT2D eigenvalue weighted by molar-refractivity contribution is 14.1. The fourth-order valence-electron chi connectivity index (χ4n) is 1.34. The third-order valence-corrected chi connectivity index (χ3v) is 3.40. The van der Waals surface area contributed by atoms with Gasteiger partial charge in [-0.25, -0.2) is 0 Å². The molecular weight excluding hydrogens is 275 g/mol. The predicted octanol–water partition coefficient (Wildman–Crippen LogP) is 2.73. The van der Waals surface area contributed by atoms with Crippen LogP contribution in [0.2, 0.25) is 0 Å². The number of nitrogen functional groups attached to an aromatic ring is 1. The molecule has 2 nitrogen and oxygen atoms in total. The molecule has 0 bridgehead atoms. The number of nitrogens with zero attached hydrogens (tertiary/aromatic N) is 1. The number of aromatic nitrogens is 1. The zero-order chi connectivity index (χ0) is 9.42. The van der Waals surface area contributed by atoms with Crippen molar-refractivity contribution in [3.05, 3.63) is 33.5 Å². The number of pyridine rings is 1. The summed E-state index contributed by atoms with van der Waals surface area (Å²) in [5.41, 5.74) is 8.78. The second-order valence-corrected chi connectivity index (χ2v) is 4.02. The average molecular weight is 284 g/mol. The van der Waals surface area contributed by atoms with Crippen LogP contribution in [0, 0.1) is 10.5 Å². The quantitative estimate of drug-likeness (QED) is 0.755. The van der Waals surface area contributed by atoms with Gasteiger partial charge in [0, 0.05) is 5.39 Å². The topological polar surface area (TPSA) is 38.9 Å². The van der Waals surface area contributed by atoms with E-state index < -0.39 is 0 Å². The molecule has 2 N–H and O–H groups in total. The fourth-order valence-corrected chi connectivity index (χ4v) is 1.75. The van der Waals surface area contributed by atoms with Crippen LogP contribution in [-0.4, -0.2) is 4.98 Å². The van der Waals surface area contributed by atoms with Gasteiger partial charge in [-0.3, -0.25) is 4.98 Å². The standard InChI is InChI=1S/C10H9IN2/c1-6-9(11)10(12)7-4-2-3-5-8(7)13-6/h2-5H,1H3,(H2,12,13). The van der Waals surface area contributed by atoms with Gasteiger partial charge in [0.1, 0.15) is 0 Å². The minimum Gasteiger partial charge on any atom is -0.397 e. The number of halogens is 1. The van der Waals surface area contributed by atoms with Gasteiger partial charge in [-0.1, -0.05) is 18.2 Å². The number of hydrogen-bond donors (Lipinski definition) is 1. The highest BCUT2D eigenvalue weighted by atomic mass is 127. The molecule has 0 aliphatic rings. The normalized spacial score (nSPS) is 10.6. The molecular formula is C10H9IN2. The molecule has 0 amide bonds.